The molecule has 17 heavy (non-hydrogen) atoms. The summed E-state index contributed by atoms with van der Waals surface area (Å²) in [5.41, 5.74) is 0. The minimum absolute atomic E-state index is 0.375. The monoisotopic (exact) mass is 255 g/mol. The Labute approximate surface area is 97.3 Å². The highest BCUT2D eigenvalue weighted by Gasteiger charge is 2.43. The van der Waals surface area contributed by atoms with Crippen LogP contribution in [0, 0.1) is 0 Å². The first-order chi connectivity index (χ1) is 7.91. The van der Waals surface area contributed by atoms with E-state index in [9.17, 15) is 13.2 Å². The van der Waals surface area contributed by atoms with Gasteiger partial charge in [-0.15, -0.1) is 0 Å². The van der Waals surface area contributed by atoms with E-state index in [2.05, 4.69) is 0 Å². The van der Waals surface area contributed by atoms with E-state index in [1.54, 1.807) is 4.90 Å². The molecule has 1 spiro atoms. The second-order valence-corrected chi connectivity index (χ2v) is 4.47. The van der Waals surface area contributed by atoms with Crippen molar-refractivity contribution in [3.05, 3.63) is 0 Å². The van der Waals surface area contributed by atoms with E-state index in [1.807, 2.05) is 0 Å². The number of likely N-dealkylation sites (tertiary alicyclic amines) is 1. The molecule has 1 N–H and O–H groups in total. The van der Waals surface area contributed by atoms with Gasteiger partial charge < -0.3 is 19.5 Å². The van der Waals surface area contributed by atoms with Crippen LogP contribution in [0.3, 0.4) is 0 Å². The fourth-order valence-electron chi connectivity index (χ4n) is 2.21. The normalized spacial score (nSPS) is 27.5. The zero-order chi connectivity index (χ0) is 12.5. The highest BCUT2D eigenvalue weighted by atomic mass is 19.4. The first-order valence-corrected chi connectivity index (χ1v) is 5.66. The van der Waals surface area contributed by atoms with E-state index in [-0.39, 0.29) is 6.54 Å². The average Bonchev–Trinajstić information content (AvgIpc) is 2.69. The molecule has 0 aromatic carbocycles. The molecule has 7 heteroatoms. The largest absolute Gasteiger partial charge is 0.415 e. The zero-order valence-electron chi connectivity index (χ0n) is 9.37. The number of nitrogens with zero attached hydrogens (tertiary/aromatic N) is 1. The molecular formula is C10H16F3NO3. The van der Waals surface area contributed by atoms with Crippen molar-refractivity contribution in [2.45, 2.75) is 30.9 Å². The van der Waals surface area contributed by atoms with E-state index in [1.165, 1.54) is 0 Å². The Bertz CT molecular complexity index is 256. The molecule has 100 valence electrons. The minimum Gasteiger partial charge on any atom is -0.382 e. The zero-order valence-corrected chi connectivity index (χ0v) is 9.37. The van der Waals surface area contributed by atoms with Gasteiger partial charge in [0.15, 0.2) is 11.9 Å². The Morgan fingerprint density at radius 1 is 1.18 bits per heavy atom. The lowest BCUT2D eigenvalue weighted by atomic mass is 10.0. The lowest BCUT2D eigenvalue weighted by molar-refractivity contribution is -0.217. The van der Waals surface area contributed by atoms with E-state index in [0.717, 1.165) is 0 Å². The van der Waals surface area contributed by atoms with Gasteiger partial charge in [-0.1, -0.05) is 0 Å². The number of β-amino-alcohol motifs (C(OH)–C–C–N with tert-alkyl or cyclic N) is 1. The van der Waals surface area contributed by atoms with E-state index < -0.39 is 18.1 Å². The van der Waals surface area contributed by atoms with Crippen molar-refractivity contribution < 1.29 is 27.8 Å². The fourth-order valence-corrected chi connectivity index (χ4v) is 2.21. The van der Waals surface area contributed by atoms with Crippen LogP contribution in [0.1, 0.15) is 12.8 Å². The van der Waals surface area contributed by atoms with Crippen LogP contribution >= 0.6 is 0 Å². The molecule has 2 aliphatic rings. The molecule has 0 amide bonds. The molecule has 0 aromatic rings. The molecule has 2 heterocycles. The van der Waals surface area contributed by atoms with Crippen LogP contribution in [0.4, 0.5) is 13.2 Å². The van der Waals surface area contributed by atoms with Crippen LogP contribution in [0.2, 0.25) is 0 Å². The van der Waals surface area contributed by atoms with Gasteiger partial charge in [0.05, 0.1) is 13.2 Å². The summed E-state index contributed by atoms with van der Waals surface area (Å²) in [6.45, 7) is 1.62. The summed E-state index contributed by atoms with van der Waals surface area (Å²) in [4.78, 5) is 1.59. The number of aliphatic hydroxyl groups is 1. The van der Waals surface area contributed by atoms with Gasteiger partial charge in [0.1, 0.15) is 0 Å². The Kier molecular flexibility index (Phi) is 3.63. The summed E-state index contributed by atoms with van der Waals surface area (Å²) in [5, 5.41) is 8.97. The molecule has 1 atom stereocenters. The van der Waals surface area contributed by atoms with Crippen molar-refractivity contribution in [2.24, 2.45) is 0 Å². The smallest absolute Gasteiger partial charge is 0.382 e. The van der Waals surface area contributed by atoms with Gasteiger partial charge in [-0.2, -0.15) is 13.2 Å². The van der Waals surface area contributed by atoms with Gasteiger partial charge in [0, 0.05) is 32.5 Å². The Balaban J connectivity index is 1.79. The lowest BCUT2D eigenvalue weighted by Crippen LogP contribution is -2.49. The molecule has 0 bridgehead atoms. The minimum atomic E-state index is -4.55. The maximum Gasteiger partial charge on any atom is 0.415 e. The molecule has 0 saturated carbocycles. The fraction of sp³-hybridized carbons (Fsp3) is 1.00. The molecule has 0 unspecified atom stereocenters. The van der Waals surface area contributed by atoms with E-state index in [0.29, 0.717) is 39.1 Å². The van der Waals surface area contributed by atoms with Crippen molar-refractivity contribution >= 4 is 0 Å². The first-order valence-electron chi connectivity index (χ1n) is 5.66. The Hall–Kier alpha value is -0.370. The summed E-state index contributed by atoms with van der Waals surface area (Å²) in [5.74, 6) is -0.584. The van der Waals surface area contributed by atoms with Gasteiger partial charge in [0.25, 0.3) is 0 Å². The highest BCUT2D eigenvalue weighted by Crippen LogP contribution is 2.31. The Morgan fingerprint density at radius 3 is 2.18 bits per heavy atom. The second kappa shape index (κ2) is 4.72. The van der Waals surface area contributed by atoms with Crippen LogP contribution in [0.25, 0.3) is 0 Å². The van der Waals surface area contributed by atoms with Gasteiger partial charge in [-0.3, -0.25) is 0 Å². The van der Waals surface area contributed by atoms with Crippen molar-refractivity contribution in [3.63, 3.8) is 0 Å². The van der Waals surface area contributed by atoms with Crippen molar-refractivity contribution in [1.29, 1.82) is 0 Å². The van der Waals surface area contributed by atoms with Crippen molar-refractivity contribution in [1.82, 2.24) is 4.90 Å². The van der Waals surface area contributed by atoms with Gasteiger partial charge in [0.2, 0.25) is 0 Å². The summed E-state index contributed by atoms with van der Waals surface area (Å²) in [6, 6.07) is 0. The molecule has 4 nitrogen and oxygen atoms in total. The molecule has 0 aromatic heterocycles. The molecule has 2 saturated heterocycles. The molecule has 0 aliphatic carbocycles. The maximum atomic E-state index is 12.2. The standard InChI is InChI=1S/C10H16F3NO3/c11-10(12,13)8(15)7-14-3-1-9(2-4-14)16-5-6-17-9/h8,15H,1-7H2/t8-/m1/s1. The van der Waals surface area contributed by atoms with E-state index >= 15 is 0 Å². The second-order valence-electron chi connectivity index (χ2n) is 4.47. The van der Waals surface area contributed by atoms with Crippen molar-refractivity contribution in [3.8, 4) is 0 Å². The number of hydrogen-bond acceptors (Lipinski definition) is 4. The predicted molar refractivity (Wildman–Crippen MR) is 52.4 cm³/mol. The van der Waals surface area contributed by atoms with Crippen molar-refractivity contribution in [2.75, 3.05) is 32.8 Å². The lowest BCUT2D eigenvalue weighted by Gasteiger charge is -2.38. The Morgan fingerprint density at radius 2 is 1.71 bits per heavy atom. The summed E-state index contributed by atoms with van der Waals surface area (Å²) >= 11 is 0. The average molecular weight is 255 g/mol. The summed E-state index contributed by atoms with van der Waals surface area (Å²) in [7, 11) is 0. The number of hydrogen-bond donors (Lipinski definition) is 1. The molecule has 2 rings (SSSR count). The molecular weight excluding hydrogens is 239 g/mol. The van der Waals surface area contributed by atoms with Crippen LogP contribution in [-0.4, -0.2) is 60.9 Å². The number of ether oxygens (including phenoxy) is 2. The maximum absolute atomic E-state index is 12.2. The van der Waals surface area contributed by atoms with Crippen LogP contribution in [0.5, 0.6) is 0 Å². The number of rotatable bonds is 2. The van der Waals surface area contributed by atoms with Crippen LogP contribution in [-0.2, 0) is 9.47 Å². The third-order valence-corrected chi connectivity index (χ3v) is 3.24. The molecule has 2 fully saturated rings. The molecule has 2 aliphatic heterocycles. The van der Waals surface area contributed by atoms with Crippen LogP contribution < -0.4 is 0 Å². The number of alkyl halides is 3. The SMILES string of the molecule is O[C@H](CN1CCC2(CC1)OCCO2)C(F)(F)F. The first kappa shape index (κ1) is 13.1. The van der Waals surface area contributed by atoms with Crippen LogP contribution in [0.15, 0.2) is 0 Å². The third kappa shape index (κ3) is 3.09. The summed E-state index contributed by atoms with van der Waals surface area (Å²) in [6.07, 6.45) is -5.72. The predicted octanol–water partition coefficient (Wildman–Crippen LogP) is 0.748. The highest BCUT2D eigenvalue weighted by molar-refractivity contribution is 4.84. The van der Waals surface area contributed by atoms with Gasteiger partial charge in [-0.25, -0.2) is 0 Å². The summed E-state index contributed by atoms with van der Waals surface area (Å²) < 4.78 is 47.5. The number of halogens is 3. The third-order valence-electron chi connectivity index (χ3n) is 3.24. The quantitative estimate of drug-likeness (QED) is 0.790. The van der Waals surface area contributed by atoms with E-state index in [4.69, 9.17) is 14.6 Å². The molecule has 0 radical (unpaired) electrons. The number of aliphatic hydroxyl groups excluding tert-OH is 1. The topological polar surface area (TPSA) is 41.9 Å². The number of piperidine rings is 1. The van der Waals surface area contributed by atoms with Gasteiger partial charge >= 0.3 is 6.18 Å². The van der Waals surface area contributed by atoms with Gasteiger partial charge in [-0.05, 0) is 0 Å².